The van der Waals surface area contributed by atoms with Gasteiger partial charge < -0.3 is 0 Å². The Labute approximate surface area is 211 Å². The molecular weight excluding hydrogens is 518 g/mol. The van der Waals surface area contributed by atoms with Gasteiger partial charge in [-0.15, -0.1) is 23.5 Å². The minimum atomic E-state index is -5.58. The molecule has 4 aliphatic rings. The predicted octanol–water partition coefficient (Wildman–Crippen LogP) is 8.28. The van der Waals surface area contributed by atoms with Crippen LogP contribution in [0.4, 0.5) is 26.3 Å². The summed E-state index contributed by atoms with van der Waals surface area (Å²) >= 11 is 2.47. The summed E-state index contributed by atoms with van der Waals surface area (Å²) in [6.45, 7) is 4.88. The van der Waals surface area contributed by atoms with E-state index in [0.717, 1.165) is 0 Å². The number of carbonyl (C=O) groups excluding carboxylic acids is 1. The lowest BCUT2D eigenvalue weighted by Gasteiger charge is -2.47. The maximum absolute atomic E-state index is 15.5. The maximum Gasteiger partial charge on any atom is 0.380 e. The van der Waals surface area contributed by atoms with E-state index in [9.17, 15) is 13.6 Å². The van der Waals surface area contributed by atoms with Gasteiger partial charge in [-0.3, -0.25) is 4.79 Å². The lowest BCUT2D eigenvalue weighted by molar-refractivity contribution is -0.257. The molecule has 2 aliphatic carbocycles. The Bertz CT molecular complexity index is 1470. The number of aldehydes is 1. The van der Waals surface area contributed by atoms with Crippen molar-refractivity contribution in [3.05, 3.63) is 87.5 Å². The second kappa shape index (κ2) is 6.92. The van der Waals surface area contributed by atoms with Crippen molar-refractivity contribution in [3.63, 3.8) is 0 Å². The van der Waals surface area contributed by atoms with Crippen molar-refractivity contribution in [2.45, 2.75) is 52.9 Å². The first kappa shape index (κ1) is 24.0. The maximum atomic E-state index is 15.5. The smallest absolute Gasteiger partial charge is 0.298 e. The number of hydrogen-bond donors (Lipinski definition) is 0. The lowest BCUT2D eigenvalue weighted by Crippen LogP contribution is -2.48. The Morgan fingerprint density at radius 2 is 1.28 bits per heavy atom. The molecule has 186 valence electrons. The van der Waals surface area contributed by atoms with Gasteiger partial charge in [0.1, 0.15) is 6.29 Å². The van der Waals surface area contributed by atoms with Crippen molar-refractivity contribution >= 4 is 40.3 Å². The highest BCUT2D eigenvalue weighted by Crippen LogP contribution is 2.77. The van der Waals surface area contributed by atoms with Gasteiger partial charge in [0.05, 0.1) is 9.49 Å². The molecule has 36 heavy (non-hydrogen) atoms. The zero-order valence-electron chi connectivity index (χ0n) is 19.2. The molecule has 1 nitrogen and oxygen atoms in total. The molecule has 2 aromatic rings. The number of rotatable bonds is 2. The van der Waals surface area contributed by atoms with E-state index in [1.54, 1.807) is 56.3 Å². The fourth-order valence-corrected chi connectivity index (χ4v) is 9.24. The van der Waals surface area contributed by atoms with Crippen molar-refractivity contribution < 1.29 is 31.1 Å². The molecule has 0 bridgehead atoms. The summed E-state index contributed by atoms with van der Waals surface area (Å²) in [5, 5.41) is 0. The van der Waals surface area contributed by atoms with Crippen molar-refractivity contribution in [1.82, 2.24) is 0 Å². The van der Waals surface area contributed by atoms with Crippen LogP contribution in [0.3, 0.4) is 0 Å². The summed E-state index contributed by atoms with van der Waals surface area (Å²) in [7, 11) is 0. The van der Waals surface area contributed by atoms with E-state index in [-0.39, 0.29) is 22.3 Å². The minimum Gasteiger partial charge on any atom is -0.298 e. The molecule has 0 N–H and O–H groups in total. The Morgan fingerprint density at radius 1 is 0.722 bits per heavy atom. The van der Waals surface area contributed by atoms with Gasteiger partial charge in [-0.25, -0.2) is 0 Å². The minimum absolute atomic E-state index is 0.149. The van der Waals surface area contributed by atoms with Crippen LogP contribution in [-0.2, 0) is 0 Å². The number of allylic oxidation sites excluding steroid dienone is 3. The van der Waals surface area contributed by atoms with E-state index in [1.165, 1.54) is 36.5 Å². The van der Waals surface area contributed by atoms with Gasteiger partial charge in [0.25, 0.3) is 0 Å². The van der Waals surface area contributed by atoms with Crippen LogP contribution in [0.25, 0.3) is 10.5 Å². The Kier molecular flexibility index (Phi) is 4.61. The van der Waals surface area contributed by atoms with Crippen LogP contribution < -0.4 is 0 Å². The van der Waals surface area contributed by atoms with Crippen LogP contribution in [0, 0.1) is 0 Å². The molecule has 0 aromatic heterocycles. The van der Waals surface area contributed by atoms with Gasteiger partial charge in [0.2, 0.25) is 0 Å². The molecule has 2 atom stereocenters. The summed E-state index contributed by atoms with van der Waals surface area (Å²) in [5.74, 6) is -15.7. The average Bonchev–Trinajstić information content (AvgIpc) is 3.32. The number of fused-ring (bicyclic) bond motifs is 6. The summed E-state index contributed by atoms with van der Waals surface area (Å²) in [6.07, 6.45) is 0.664. The van der Waals surface area contributed by atoms with Gasteiger partial charge in [-0.2, -0.15) is 26.3 Å². The normalized spacial score (nSPS) is 30.8. The summed E-state index contributed by atoms with van der Waals surface area (Å²) in [6, 6.07) is 12.9. The van der Waals surface area contributed by atoms with E-state index >= 15 is 17.6 Å². The van der Waals surface area contributed by atoms with Gasteiger partial charge in [0, 0.05) is 26.5 Å². The highest BCUT2D eigenvalue weighted by Gasteiger charge is 2.84. The second-order valence-corrected chi connectivity index (χ2v) is 12.6. The molecule has 0 saturated heterocycles. The molecule has 0 radical (unpaired) electrons. The van der Waals surface area contributed by atoms with Crippen LogP contribution >= 0.6 is 23.5 Å². The first-order valence-corrected chi connectivity index (χ1v) is 12.8. The lowest BCUT2D eigenvalue weighted by atomic mass is 9.68. The molecule has 2 aliphatic heterocycles. The number of thioether (sulfide) groups is 2. The molecule has 1 fully saturated rings. The van der Waals surface area contributed by atoms with Gasteiger partial charge in [-0.05, 0) is 54.7 Å². The van der Waals surface area contributed by atoms with Gasteiger partial charge >= 0.3 is 17.8 Å². The standard InChI is InChI=1S/C27H18F6OS2/c1-13-18-20-21(26(30,31)27(32,33)25(20,28)29)19-16-6-4-5-7-17(16)35-24(19,3)23(18,2)36-22(13)15-10-8-14(12-34)9-11-15/h4-12H,1-3H3. The molecule has 2 unspecified atom stereocenters. The van der Waals surface area contributed by atoms with Crippen molar-refractivity contribution in [3.8, 4) is 0 Å². The zero-order valence-corrected chi connectivity index (χ0v) is 20.8. The Balaban J connectivity index is 1.74. The van der Waals surface area contributed by atoms with Crippen molar-refractivity contribution in [2.75, 3.05) is 0 Å². The fourth-order valence-electron chi connectivity index (χ4n) is 5.94. The van der Waals surface area contributed by atoms with E-state index in [1.807, 2.05) is 0 Å². The van der Waals surface area contributed by atoms with Crippen molar-refractivity contribution in [1.29, 1.82) is 0 Å². The zero-order chi connectivity index (χ0) is 26.1. The fraction of sp³-hybridized carbons (Fsp3) is 0.296. The first-order valence-electron chi connectivity index (χ1n) is 11.1. The van der Waals surface area contributed by atoms with Crippen LogP contribution in [0.1, 0.15) is 42.3 Å². The number of carbonyl (C=O) groups is 1. The van der Waals surface area contributed by atoms with Crippen LogP contribution in [-0.4, -0.2) is 33.5 Å². The second-order valence-electron chi connectivity index (χ2n) is 9.68. The predicted molar refractivity (Wildman–Crippen MR) is 130 cm³/mol. The molecule has 6 rings (SSSR count). The first-order chi connectivity index (χ1) is 16.7. The molecule has 2 heterocycles. The summed E-state index contributed by atoms with van der Waals surface area (Å²) in [4.78, 5) is 12.2. The Morgan fingerprint density at radius 3 is 1.89 bits per heavy atom. The molecule has 0 amide bonds. The third kappa shape index (κ3) is 2.47. The largest absolute Gasteiger partial charge is 0.380 e. The number of halogens is 6. The number of hydrogen-bond acceptors (Lipinski definition) is 3. The Hall–Kier alpha value is -2.39. The van der Waals surface area contributed by atoms with Crippen LogP contribution in [0.5, 0.6) is 0 Å². The summed E-state index contributed by atoms with van der Waals surface area (Å²) < 4.78 is 89.4. The van der Waals surface area contributed by atoms with E-state index in [2.05, 4.69) is 0 Å². The number of benzene rings is 2. The van der Waals surface area contributed by atoms with Gasteiger partial charge in [0.15, 0.2) is 0 Å². The van der Waals surface area contributed by atoms with E-state index in [0.29, 0.717) is 27.2 Å². The third-order valence-corrected chi connectivity index (χ3v) is 11.3. The number of alkyl halides is 6. The van der Waals surface area contributed by atoms with E-state index in [4.69, 9.17) is 0 Å². The SMILES string of the molecule is CC1=C(c2ccc(C=O)cc2)SC2(C)C1=C1C(=C3c4ccccc4SC32C)C(F)(F)C(F)(F)C1(F)F. The molecule has 1 saturated carbocycles. The van der Waals surface area contributed by atoms with Crippen LogP contribution in [0.2, 0.25) is 0 Å². The molecule has 9 heteroatoms. The highest BCUT2D eigenvalue weighted by atomic mass is 32.2. The molecular formula is C27H18F6OS2. The monoisotopic (exact) mass is 536 g/mol. The third-order valence-electron chi connectivity index (χ3n) is 7.83. The average molecular weight is 537 g/mol. The molecule has 0 spiro atoms. The molecule has 2 aromatic carbocycles. The highest BCUT2D eigenvalue weighted by molar-refractivity contribution is 8.12. The van der Waals surface area contributed by atoms with Crippen LogP contribution in [0.15, 0.2) is 75.7 Å². The van der Waals surface area contributed by atoms with Crippen molar-refractivity contribution in [2.24, 2.45) is 0 Å². The van der Waals surface area contributed by atoms with E-state index < -0.39 is 38.4 Å². The quantitative estimate of drug-likeness (QED) is 0.284. The summed E-state index contributed by atoms with van der Waals surface area (Å²) in [5.41, 5.74) is -1.26. The van der Waals surface area contributed by atoms with Gasteiger partial charge in [-0.1, -0.05) is 42.5 Å². The topological polar surface area (TPSA) is 17.1 Å².